The Morgan fingerprint density at radius 2 is 1.00 bits per heavy atom. The van der Waals surface area contributed by atoms with Crippen molar-refractivity contribution in [2.75, 3.05) is 0 Å². The molecule has 2 N–H and O–H groups in total. The molecule has 0 aromatic rings. The second-order valence-corrected chi connectivity index (χ2v) is 6.40. The monoisotopic (exact) mass is 286 g/mol. The molecule has 20 heavy (non-hydrogen) atoms. The summed E-state index contributed by atoms with van der Waals surface area (Å²) in [5.41, 5.74) is 0. The average Bonchev–Trinajstić information content (AvgIpc) is 2.41. The van der Waals surface area contributed by atoms with E-state index >= 15 is 0 Å². The molecule has 0 saturated carbocycles. The van der Waals surface area contributed by atoms with E-state index in [4.69, 9.17) is 5.11 Å². The summed E-state index contributed by atoms with van der Waals surface area (Å²) in [5.74, 6) is 0. The minimum Gasteiger partial charge on any atom is -0.393 e. The van der Waals surface area contributed by atoms with Crippen LogP contribution in [0.4, 0.5) is 0 Å². The third kappa shape index (κ3) is 16.0. The number of aliphatic hydroxyl groups excluding tert-OH is 2. The summed E-state index contributed by atoms with van der Waals surface area (Å²) in [5, 5.41) is 19.0. The van der Waals surface area contributed by atoms with Gasteiger partial charge < -0.3 is 10.2 Å². The highest BCUT2D eigenvalue weighted by Gasteiger charge is 2.04. The smallest absolute Gasteiger partial charge is 0.0540 e. The Hall–Kier alpha value is -0.0800. The zero-order valence-electron chi connectivity index (χ0n) is 13.9. The highest BCUT2D eigenvalue weighted by atomic mass is 16.3. The van der Waals surface area contributed by atoms with Crippen LogP contribution in [0.2, 0.25) is 0 Å². The maximum Gasteiger partial charge on any atom is 0.0540 e. The molecule has 0 aromatic carbocycles. The van der Waals surface area contributed by atoms with E-state index in [1.165, 1.54) is 57.8 Å². The number of rotatable bonds is 15. The molecular formula is C18H38O2. The van der Waals surface area contributed by atoms with Gasteiger partial charge in [-0.25, -0.2) is 0 Å². The van der Waals surface area contributed by atoms with Crippen molar-refractivity contribution in [3.8, 4) is 0 Å². The van der Waals surface area contributed by atoms with E-state index in [0.717, 1.165) is 32.1 Å². The molecule has 0 radical (unpaired) electrons. The summed E-state index contributed by atoms with van der Waals surface area (Å²) in [4.78, 5) is 0. The predicted octanol–water partition coefficient (Wildman–Crippen LogP) is 5.21. The highest BCUT2D eigenvalue weighted by Crippen LogP contribution is 2.14. The summed E-state index contributed by atoms with van der Waals surface area (Å²) < 4.78 is 0. The van der Waals surface area contributed by atoms with Crippen LogP contribution in [0.15, 0.2) is 0 Å². The van der Waals surface area contributed by atoms with Gasteiger partial charge in [0, 0.05) is 0 Å². The van der Waals surface area contributed by atoms with Crippen LogP contribution in [0.5, 0.6) is 0 Å². The van der Waals surface area contributed by atoms with Crippen LogP contribution < -0.4 is 0 Å². The van der Waals surface area contributed by atoms with Crippen molar-refractivity contribution < 1.29 is 10.2 Å². The van der Waals surface area contributed by atoms with Gasteiger partial charge in [0.05, 0.1) is 12.2 Å². The van der Waals surface area contributed by atoms with Gasteiger partial charge in [-0.2, -0.15) is 0 Å². The van der Waals surface area contributed by atoms with Crippen molar-refractivity contribution in [3.63, 3.8) is 0 Å². The Kier molecular flexibility index (Phi) is 15.3. The summed E-state index contributed by atoms with van der Waals surface area (Å²) in [6, 6.07) is 0. The molecule has 0 aliphatic heterocycles. The molecule has 0 spiro atoms. The third-order valence-electron chi connectivity index (χ3n) is 4.05. The molecule has 2 nitrogen and oxygen atoms in total. The predicted molar refractivity (Wildman–Crippen MR) is 88.0 cm³/mol. The van der Waals surface area contributed by atoms with Gasteiger partial charge in [0.15, 0.2) is 0 Å². The van der Waals surface area contributed by atoms with Crippen LogP contribution in [-0.4, -0.2) is 22.4 Å². The Labute approximate surface area is 127 Å². The van der Waals surface area contributed by atoms with E-state index in [1.807, 2.05) is 6.92 Å². The van der Waals surface area contributed by atoms with Crippen molar-refractivity contribution in [2.45, 2.75) is 116 Å². The fraction of sp³-hybridized carbons (Fsp3) is 1.00. The van der Waals surface area contributed by atoms with Gasteiger partial charge in [-0.15, -0.1) is 0 Å². The van der Waals surface area contributed by atoms with E-state index in [2.05, 4.69) is 6.92 Å². The molecule has 0 rings (SSSR count). The van der Waals surface area contributed by atoms with Gasteiger partial charge in [-0.1, -0.05) is 77.6 Å². The summed E-state index contributed by atoms with van der Waals surface area (Å²) in [6.45, 7) is 4.10. The fourth-order valence-corrected chi connectivity index (χ4v) is 2.65. The average molecular weight is 286 g/mol. The normalized spacial score (nSPS) is 14.4. The Morgan fingerprint density at radius 1 is 0.600 bits per heavy atom. The lowest BCUT2D eigenvalue weighted by atomic mass is 10.0. The molecule has 0 aliphatic carbocycles. The lowest BCUT2D eigenvalue weighted by molar-refractivity contribution is 0.146. The molecule has 0 heterocycles. The molecule has 0 aliphatic rings. The van der Waals surface area contributed by atoms with Gasteiger partial charge >= 0.3 is 0 Å². The zero-order valence-corrected chi connectivity index (χ0v) is 13.9. The molecule has 0 bridgehead atoms. The van der Waals surface area contributed by atoms with Crippen molar-refractivity contribution in [1.82, 2.24) is 0 Å². The van der Waals surface area contributed by atoms with Gasteiger partial charge in [-0.05, 0) is 26.2 Å². The van der Waals surface area contributed by atoms with Crippen LogP contribution in [0.25, 0.3) is 0 Å². The van der Waals surface area contributed by atoms with E-state index in [0.29, 0.717) is 0 Å². The zero-order chi connectivity index (χ0) is 15.1. The molecule has 2 atom stereocenters. The first-order chi connectivity index (χ1) is 9.66. The quantitative estimate of drug-likeness (QED) is 0.406. The van der Waals surface area contributed by atoms with Crippen molar-refractivity contribution in [1.29, 1.82) is 0 Å². The van der Waals surface area contributed by atoms with E-state index in [-0.39, 0.29) is 12.2 Å². The first kappa shape index (κ1) is 19.9. The first-order valence-corrected chi connectivity index (χ1v) is 9.03. The van der Waals surface area contributed by atoms with E-state index in [9.17, 15) is 5.11 Å². The number of hydrogen-bond donors (Lipinski definition) is 2. The van der Waals surface area contributed by atoms with Crippen molar-refractivity contribution in [3.05, 3.63) is 0 Å². The lowest BCUT2D eigenvalue weighted by Crippen LogP contribution is -2.06. The molecule has 0 fully saturated rings. The minimum absolute atomic E-state index is 0.0811. The van der Waals surface area contributed by atoms with Gasteiger partial charge in [0.25, 0.3) is 0 Å². The summed E-state index contributed by atoms with van der Waals surface area (Å²) in [6.07, 6.45) is 16.5. The largest absolute Gasteiger partial charge is 0.393 e. The standard InChI is InChI=1S/C18H38O2/c1-3-4-5-6-7-8-12-15-18(20)16-13-10-9-11-14-17(2)19/h17-20H,3-16H2,1-2H3. The first-order valence-electron chi connectivity index (χ1n) is 9.03. The molecule has 2 unspecified atom stereocenters. The fourth-order valence-electron chi connectivity index (χ4n) is 2.65. The maximum atomic E-state index is 9.89. The highest BCUT2D eigenvalue weighted by molar-refractivity contribution is 4.58. The SMILES string of the molecule is CCCCCCCCCC(O)CCCCCCC(C)O. The number of aliphatic hydroxyl groups is 2. The lowest BCUT2D eigenvalue weighted by Gasteiger charge is -2.10. The van der Waals surface area contributed by atoms with Crippen LogP contribution in [0.3, 0.4) is 0 Å². The molecule has 0 saturated heterocycles. The van der Waals surface area contributed by atoms with Crippen molar-refractivity contribution >= 4 is 0 Å². The Bertz CT molecular complexity index is 180. The summed E-state index contributed by atoms with van der Waals surface area (Å²) in [7, 11) is 0. The minimum atomic E-state index is -0.155. The van der Waals surface area contributed by atoms with Crippen LogP contribution >= 0.6 is 0 Å². The maximum absolute atomic E-state index is 9.89. The molecule has 0 aromatic heterocycles. The number of hydrogen-bond acceptors (Lipinski definition) is 2. The second-order valence-electron chi connectivity index (χ2n) is 6.40. The topological polar surface area (TPSA) is 40.5 Å². The van der Waals surface area contributed by atoms with Crippen LogP contribution in [0, 0.1) is 0 Å². The van der Waals surface area contributed by atoms with Gasteiger partial charge in [0.2, 0.25) is 0 Å². The second kappa shape index (κ2) is 15.3. The molecule has 122 valence electrons. The number of unbranched alkanes of at least 4 members (excludes halogenated alkanes) is 9. The van der Waals surface area contributed by atoms with Crippen molar-refractivity contribution in [2.24, 2.45) is 0 Å². The molecule has 2 heteroatoms. The Balaban J connectivity index is 3.14. The third-order valence-corrected chi connectivity index (χ3v) is 4.05. The molecule has 0 amide bonds. The van der Waals surface area contributed by atoms with Gasteiger partial charge in [-0.3, -0.25) is 0 Å². The molecular weight excluding hydrogens is 248 g/mol. The Morgan fingerprint density at radius 3 is 1.45 bits per heavy atom. The van der Waals surface area contributed by atoms with E-state index in [1.54, 1.807) is 0 Å². The summed E-state index contributed by atoms with van der Waals surface area (Å²) >= 11 is 0. The van der Waals surface area contributed by atoms with Crippen LogP contribution in [-0.2, 0) is 0 Å². The van der Waals surface area contributed by atoms with E-state index < -0.39 is 0 Å². The van der Waals surface area contributed by atoms with Crippen LogP contribution in [0.1, 0.15) is 104 Å². The van der Waals surface area contributed by atoms with Gasteiger partial charge in [0.1, 0.15) is 0 Å².